The van der Waals surface area contributed by atoms with Crippen molar-refractivity contribution in [2.24, 2.45) is 11.8 Å². The van der Waals surface area contributed by atoms with Gasteiger partial charge in [-0.1, -0.05) is 20.8 Å². The molecule has 0 saturated carbocycles. The fourth-order valence-electron chi connectivity index (χ4n) is 4.76. The Kier molecular flexibility index (Phi) is 6.24. The lowest BCUT2D eigenvalue weighted by atomic mass is 9.92. The lowest BCUT2D eigenvalue weighted by Crippen LogP contribution is -2.40. The predicted octanol–water partition coefficient (Wildman–Crippen LogP) is 2.76. The molecule has 2 unspecified atom stereocenters. The van der Waals surface area contributed by atoms with E-state index < -0.39 is 0 Å². The number of likely N-dealkylation sites (tertiary alicyclic amines) is 1. The zero-order valence-corrected chi connectivity index (χ0v) is 18.9. The average Bonchev–Trinajstić information content (AvgIpc) is 3.28. The molecule has 0 radical (unpaired) electrons. The summed E-state index contributed by atoms with van der Waals surface area (Å²) in [7, 11) is 0. The van der Waals surface area contributed by atoms with Crippen molar-refractivity contribution in [3.63, 3.8) is 0 Å². The minimum Gasteiger partial charge on any atom is -0.354 e. The van der Waals surface area contributed by atoms with Gasteiger partial charge in [-0.15, -0.1) is 11.3 Å². The Morgan fingerprint density at radius 3 is 2.77 bits per heavy atom. The molecule has 162 valence electrons. The molecule has 0 aromatic carbocycles. The highest BCUT2D eigenvalue weighted by atomic mass is 32.1. The van der Waals surface area contributed by atoms with Crippen LogP contribution in [0.15, 0.2) is 22.3 Å². The number of hydrogen-bond acceptors (Lipinski definition) is 5. The maximum Gasteiger partial charge on any atom is 0.291 e. The molecule has 8 heteroatoms. The fraction of sp³-hybridized carbons (Fsp3) is 0.591. The third kappa shape index (κ3) is 4.30. The summed E-state index contributed by atoms with van der Waals surface area (Å²) >= 11 is 1.61. The van der Waals surface area contributed by atoms with E-state index in [-0.39, 0.29) is 18.0 Å². The van der Waals surface area contributed by atoms with Gasteiger partial charge < -0.3 is 10.2 Å². The van der Waals surface area contributed by atoms with Crippen LogP contribution in [0.1, 0.15) is 39.4 Å². The van der Waals surface area contributed by atoms with E-state index in [1.165, 1.54) is 11.1 Å². The van der Waals surface area contributed by atoms with Crippen LogP contribution in [0.2, 0.25) is 0 Å². The highest BCUT2D eigenvalue weighted by Crippen LogP contribution is 2.24. The normalized spacial score (nSPS) is 20.2. The molecule has 3 aromatic heterocycles. The first-order chi connectivity index (χ1) is 14.5. The highest BCUT2D eigenvalue weighted by molar-refractivity contribution is 7.17. The Hall–Kier alpha value is -2.19. The van der Waals surface area contributed by atoms with Crippen LogP contribution in [0.5, 0.6) is 0 Å². The van der Waals surface area contributed by atoms with Crippen molar-refractivity contribution in [2.75, 3.05) is 26.2 Å². The summed E-state index contributed by atoms with van der Waals surface area (Å²) in [5, 5.41) is 9.45. The molecule has 1 amide bonds. The molecule has 7 nitrogen and oxygen atoms in total. The molecular weight excluding hydrogens is 398 g/mol. The van der Waals surface area contributed by atoms with E-state index in [0.717, 1.165) is 53.9 Å². The van der Waals surface area contributed by atoms with E-state index in [1.807, 2.05) is 28.8 Å². The second-order valence-corrected chi connectivity index (χ2v) is 9.62. The van der Waals surface area contributed by atoms with Gasteiger partial charge in [0.2, 0.25) is 5.91 Å². The second kappa shape index (κ2) is 8.89. The number of hydrogen-bond donors (Lipinski definition) is 1. The Morgan fingerprint density at radius 1 is 1.27 bits per heavy atom. The molecule has 30 heavy (non-hydrogen) atoms. The Balaban J connectivity index is 1.37. The van der Waals surface area contributed by atoms with Crippen molar-refractivity contribution in [1.82, 2.24) is 24.4 Å². The molecule has 3 aromatic rings. The van der Waals surface area contributed by atoms with Crippen LogP contribution in [0.3, 0.4) is 0 Å². The number of aryl methyl sites for hydroxylation is 1. The number of piperidine rings is 1. The summed E-state index contributed by atoms with van der Waals surface area (Å²) < 4.78 is 4.29. The monoisotopic (exact) mass is 429 g/mol. The minimum absolute atomic E-state index is 0.0427. The first-order valence-corrected chi connectivity index (χ1v) is 11.8. The topological polar surface area (TPSA) is 71.6 Å². The van der Waals surface area contributed by atoms with Crippen molar-refractivity contribution in [2.45, 2.75) is 46.6 Å². The fourth-order valence-corrected chi connectivity index (χ4v) is 5.56. The molecule has 0 spiro atoms. The molecule has 1 aliphatic heterocycles. The molecule has 1 fully saturated rings. The zero-order chi connectivity index (χ0) is 21.3. The summed E-state index contributed by atoms with van der Waals surface area (Å²) in [5.74, 6) is 2.12. The van der Waals surface area contributed by atoms with Gasteiger partial charge in [0.15, 0.2) is 0 Å². The summed E-state index contributed by atoms with van der Waals surface area (Å²) in [6.07, 6.45) is 2.91. The smallest absolute Gasteiger partial charge is 0.291 e. The number of carbonyl (C=O) groups excluding carboxylic acids is 1. The lowest BCUT2D eigenvalue weighted by molar-refractivity contribution is -0.121. The first kappa shape index (κ1) is 21.1. The predicted molar refractivity (Wildman–Crippen MR) is 121 cm³/mol. The van der Waals surface area contributed by atoms with Crippen LogP contribution in [0.25, 0.3) is 15.7 Å². The Morgan fingerprint density at radius 2 is 2.03 bits per heavy atom. The summed E-state index contributed by atoms with van der Waals surface area (Å²) in [6, 6.07) is 3.91. The molecule has 2 atom stereocenters. The number of nitrogens with one attached hydrogen (secondary N) is 1. The maximum absolute atomic E-state index is 12.9. The van der Waals surface area contributed by atoms with Crippen LogP contribution in [-0.4, -0.2) is 51.2 Å². The quantitative estimate of drug-likeness (QED) is 0.586. The van der Waals surface area contributed by atoms with Gasteiger partial charge in [-0.3, -0.25) is 14.0 Å². The molecule has 0 aliphatic carbocycles. The van der Waals surface area contributed by atoms with Gasteiger partial charge in [0.05, 0.1) is 10.2 Å². The van der Waals surface area contributed by atoms with Gasteiger partial charge in [0.1, 0.15) is 17.9 Å². The second-order valence-electron chi connectivity index (χ2n) is 8.68. The molecule has 1 aliphatic rings. The van der Waals surface area contributed by atoms with Gasteiger partial charge in [0.25, 0.3) is 5.56 Å². The van der Waals surface area contributed by atoms with Crippen LogP contribution in [0, 0.1) is 11.8 Å². The number of rotatable bonds is 7. The van der Waals surface area contributed by atoms with Crippen molar-refractivity contribution >= 4 is 33.0 Å². The van der Waals surface area contributed by atoms with Crippen LogP contribution >= 0.6 is 11.3 Å². The van der Waals surface area contributed by atoms with Gasteiger partial charge in [-0.2, -0.15) is 5.10 Å². The standard InChI is InChI=1S/C22H31N5O2S/c1-4-20-24-26(22(29)18-11-19-17(27(18)20)6-9-30-19)14-21(28)23-7-5-8-25-12-15(2)10-16(3)13-25/h6,9,11,15-16H,4-5,7-8,10,12-14H2,1-3H3,(H,23,28). The van der Waals surface area contributed by atoms with Crippen molar-refractivity contribution < 1.29 is 4.79 Å². The third-order valence-corrected chi connectivity index (χ3v) is 6.75. The first-order valence-electron chi connectivity index (χ1n) is 10.9. The van der Waals surface area contributed by atoms with Crippen LogP contribution in [0.4, 0.5) is 0 Å². The number of fused-ring (bicyclic) bond motifs is 3. The summed E-state index contributed by atoms with van der Waals surface area (Å²) in [5.41, 5.74) is 1.38. The SMILES string of the molecule is CCc1nn(CC(=O)NCCCN2CC(C)CC(C)C2)c(=O)c2cc3sccc3n12. The van der Waals surface area contributed by atoms with E-state index in [4.69, 9.17) is 0 Å². The van der Waals surface area contributed by atoms with Gasteiger partial charge in [0, 0.05) is 26.1 Å². The molecule has 0 bridgehead atoms. The molecule has 4 rings (SSSR count). The number of amides is 1. The number of nitrogens with zero attached hydrogens (tertiary/aromatic N) is 4. The van der Waals surface area contributed by atoms with Crippen molar-refractivity contribution in [1.29, 1.82) is 0 Å². The van der Waals surface area contributed by atoms with Gasteiger partial charge in [-0.05, 0) is 48.7 Å². The Bertz CT molecular complexity index is 1090. The molecule has 1 N–H and O–H groups in total. The van der Waals surface area contributed by atoms with Crippen molar-refractivity contribution in [3.8, 4) is 0 Å². The maximum atomic E-state index is 12.9. The van der Waals surface area contributed by atoms with E-state index in [2.05, 4.69) is 29.2 Å². The minimum atomic E-state index is -0.220. The third-order valence-electron chi connectivity index (χ3n) is 5.90. The average molecular weight is 430 g/mol. The van der Waals surface area contributed by atoms with Crippen LogP contribution in [-0.2, 0) is 17.8 Å². The zero-order valence-electron chi connectivity index (χ0n) is 18.1. The Labute approximate surface area is 180 Å². The van der Waals surface area contributed by atoms with Gasteiger partial charge in [-0.25, -0.2) is 4.68 Å². The number of aromatic nitrogens is 3. The summed E-state index contributed by atoms with van der Waals surface area (Å²) in [4.78, 5) is 27.8. The van der Waals surface area contributed by atoms with E-state index >= 15 is 0 Å². The molecule has 1 saturated heterocycles. The molecule has 4 heterocycles. The van der Waals surface area contributed by atoms with Crippen molar-refractivity contribution in [3.05, 3.63) is 33.7 Å². The van der Waals surface area contributed by atoms with E-state index in [0.29, 0.717) is 18.5 Å². The lowest BCUT2D eigenvalue weighted by Gasteiger charge is -2.34. The number of thiophene rings is 1. The van der Waals surface area contributed by atoms with Crippen LogP contribution < -0.4 is 10.9 Å². The number of carbonyl (C=O) groups is 1. The molecular formula is C22H31N5O2S. The van der Waals surface area contributed by atoms with E-state index in [1.54, 1.807) is 11.3 Å². The van der Waals surface area contributed by atoms with Gasteiger partial charge >= 0.3 is 0 Å². The largest absolute Gasteiger partial charge is 0.354 e. The highest BCUT2D eigenvalue weighted by Gasteiger charge is 2.21. The summed E-state index contributed by atoms with van der Waals surface area (Å²) in [6.45, 7) is 10.5. The van der Waals surface area contributed by atoms with E-state index in [9.17, 15) is 9.59 Å².